The van der Waals surface area contributed by atoms with E-state index < -0.39 is 15.8 Å². The van der Waals surface area contributed by atoms with Crippen LogP contribution in [0.25, 0.3) is 0 Å². The van der Waals surface area contributed by atoms with Gasteiger partial charge in [-0.3, -0.25) is 4.79 Å². The fourth-order valence-electron chi connectivity index (χ4n) is 3.03. The number of carbonyl (C=O) groups excluding carboxylic acids is 1. The molecule has 0 aliphatic carbocycles. The van der Waals surface area contributed by atoms with Crippen molar-refractivity contribution in [3.8, 4) is 0 Å². The molecule has 0 bridgehead atoms. The van der Waals surface area contributed by atoms with E-state index >= 15 is 0 Å². The quantitative estimate of drug-likeness (QED) is 0.769. The Morgan fingerprint density at radius 3 is 2.86 bits per heavy atom. The molecule has 114 valence electrons. The highest BCUT2D eigenvalue weighted by Crippen LogP contribution is 2.32. The van der Waals surface area contributed by atoms with E-state index in [-0.39, 0.29) is 28.4 Å². The molecule has 8 heteroatoms. The van der Waals surface area contributed by atoms with Gasteiger partial charge in [-0.15, -0.1) is 0 Å². The average molecular weight is 313 g/mol. The topological polar surface area (TPSA) is 92.5 Å². The first kappa shape index (κ1) is 14.3. The fourth-order valence-corrected chi connectivity index (χ4v) is 4.76. The highest BCUT2D eigenvalue weighted by molar-refractivity contribution is 7.89. The Bertz CT molecular complexity index is 692. The maximum Gasteiger partial charge on any atom is 0.243 e. The number of rotatable bonds is 2. The van der Waals surface area contributed by atoms with E-state index in [1.807, 2.05) is 0 Å². The van der Waals surface area contributed by atoms with E-state index in [0.29, 0.717) is 25.9 Å². The molecule has 1 aromatic carbocycles. The molecule has 6 nitrogen and oxygen atoms in total. The number of nitrogen functional groups attached to an aromatic ring is 1. The molecule has 21 heavy (non-hydrogen) atoms. The van der Waals surface area contributed by atoms with Crippen LogP contribution in [0.3, 0.4) is 0 Å². The molecule has 0 radical (unpaired) electrons. The van der Waals surface area contributed by atoms with Gasteiger partial charge in [0.2, 0.25) is 15.9 Å². The first-order chi connectivity index (χ1) is 9.91. The molecule has 3 rings (SSSR count). The number of fused-ring (bicyclic) bond motifs is 1. The van der Waals surface area contributed by atoms with E-state index in [1.54, 1.807) is 0 Å². The minimum atomic E-state index is -3.78. The molecule has 0 saturated carbocycles. The van der Waals surface area contributed by atoms with Gasteiger partial charge < -0.3 is 11.1 Å². The molecule has 2 heterocycles. The molecule has 1 amide bonds. The van der Waals surface area contributed by atoms with Crippen molar-refractivity contribution in [2.75, 3.05) is 18.8 Å². The maximum atomic E-state index is 13.2. The van der Waals surface area contributed by atoms with Crippen LogP contribution >= 0.6 is 0 Å². The van der Waals surface area contributed by atoms with Gasteiger partial charge in [0.1, 0.15) is 5.82 Å². The summed E-state index contributed by atoms with van der Waals surface area (Å²) in [4.78, 5) is 11.7. The average Bonchev–Trinajstić information content (AvgIpc) is 2.83. The van der Waals surface area contributed by atoms with Crippen LogP contribution in [-0.4, -0.2) is 37.8 Å². The lowest BCUT2D eigenvalue weighted by molar-refractivity contribution is -0.123. The van der Waals surface area contributed by atoms with Crippen LogP contribution in [0.4, 0.5) is 10.1 Å². The van der Waals surface area contributed by atoms with E-state index in [9.17, 15) is 17.6 Å². The summed E-state index contributed by atoms with van der Waals surface area (Å²) >= 11 is 0. The van der Waals surface area contributed by atoms with Crippen molar-refractivity contribution in [1.29, 1.82) is 0 Å². The predicted molar refractivity (Wildman–Crippen MR) is 74.2 cm³/mol. The van der Waals surface area contributed by atoms with E-state index in [0.717, 1.165) is 12.1 Å². The van der Waals surface area contributed by atoms with Gasteiger partial charge in [-0.1, -0.05) is 0 Å². The summed E-state index contributed by atoms with van der Waals surface area (Å²) in [6.07, 6.45) is 1.32. The Balaban J connectivity index is 1.97. The molecule has 2 unspecified atom stereocenters. The van der Waals surface area contributed by atoms with Gasteiger partial charge in [0.25, 0.3) is 0 Å². The van der Waals surface area contributed by atoms with Gasteiger partial charge in [-0.25, -0.2) is 12.8 Å². The van der Waals surface area contributed by atoms with Crippen molar-refractivity contribution in [2.24, 2.45) is 5.92 Å². The SMILES string of the molecule is Nc1cc(S(=O)(=O)N2CCCC3C(=O)NCC32)ccc1F. The molecule has 2 atom stereocenters. The number of benzene rings is 1. The third-order valence-corrected chi connectivity index (χ3v) is 6.04. The molecule has 2 saturated heterocycles. The number of sulfonamides is 1. The zero-order chi connectivity index (χ0) is 15.2. The van der Waals surface area contributed by atoms with Crippen LogP contribution < -0.4 is 11.1 Å². The maximum absolute atomic E-state index is 13.2. The lowest BCUT2D eigenvalue weighted by Crippen LogP contribution is -2.48. The summed E-state index contributed by atoms with van der Waals surface area (Å²) in [7, 11) is -3.78. The van der Waals surface area contributed by atoms with Crippen LogP contribution in [0.2, 0.25) is 0 Å². The minimum absolute atomic E-state index is 0.0404. The number of nitrogens with one attached hydrogen (secondary N) is 1. The smallest absolute Gasteiger partial charge is 0.243 e. The number of hydrogen-bond acceptors (Lipinski definition) is 4. The number of anilines is 1. The fraction of sp³-hybridized carbons (Fsp3) is 0.462. The predicted octanol–water partition coefficient (Wildman–Crippen LogP) is 0.307. The number of carbonyl (C=O) groups is 1. The molecular weight excluding hydrogens is 297 g/mol. The van der Waals surface area contributed by atoms with Crippen LogP contribution in [0.1, 0.15) is 12.8 Å². The number of amides is 1. The monoisotopic (exact) mass is 313 g/mol. The van der Waals surface area contributed by atoms with Gasteiger partial charge in [-0.2, -0.15) is 4.31 Å². The number of nitrogens with two attached hydrogens (primary N) is 1. The van der Waals surface area contributed by atoms with Crippen LogP contribution in [0.5, 0.6) is 0 Å². The summed E-state index contributed by atoms with van der Waals surface area (Å²) in [6.45, 7) is 0.676. The van der Waals surface area contributed by atoms with Crippen LogP contribution in [-0.2, 0) is 14.8 Å². The summed E-state index contributed by atoms with van der Waals surface area (Å²) in [6, 6.07) is 3.00. The van der Waals surface area contributed by atoms with Gasteiger partial charge in [0.15, 0.2) is 0 Å². The molecule has 0 aromatic heterocycles. The summed E-state index contributed by atoms with van der Waals surface area (Å²) in [5.41, 5.74) is 5.25. The highest BCUT2D eigenvalue weighted by Gasteiger charge is 2.45. The Hall–Kier alpha value is -1.67. The third-order valence-electron chi connectivity index (χ3n) is 4.12. The number of nitrogens with zero attached hydrogens (tertiary/aromatic N) is 1. The molecule has 0 spiro atoms. The lowest BCUT2D eigenvalue weighted by atomic mass is 9.93. The first-order valence-electron chi connectivity index (χ1n) is 6.76. The highest BCUT2D eigenvalue weighted by atomic mass is 32.2. The van der Waals surface area contributed by atoms with Crippen molar-refractivity contribution in [3.63, 3.8) is 0 Å². The largest absolute Gasteiger partial charge is 0.396 e. The normalized spacial score (nSPS) is 26.4. The summed E-state index contributed by atoms with van der Waals surface area (Å²) < 4.78 is 40.0. The van der Waals surface area contributed by atoms with Crippen molar-refractivity contribution >= 4 is 21.6 Å². The van der Waals surface area contributed by atoms with Gasteiger partial charge in [-0.05, 0) is 31.0 Å². The van der Waals surface area contributed by atoms with Gasteiger partial charge >= 0.3 is 0 Å². The van der Waals surface area contributed by atoms with Crippen LogP contribution in [0, 0.1) is 11.7 Å². The lowest BCUT2D eigenvalue weighted by Gasteiger charge is -2.34. The second-order valence-electron chi connectivity index (χ2n) is 5.36. The Morgan fingerprint density at radius 2 is 2.14 bits per heavy atom. The van der Waals surface area contributed by atoms with Crippen molar-refractivity contribution in [2.45, 2.75) is 23.8 Å². The summed E-state index contributed by atoms with van der Waals surface area (Å²) in [5.74, 6) is -1.05. The van der Waals surface area contributed by atoms with E-state index in [1.165, 1.54) is 10.4 Å². The Labute approximate surface area is 122 Å². The molecule has 2 aliphatic heterocycles. The Morgan fingerprint density at radius 1 is 1.38 bits per heavy atom. The van der Waals surface area contributed by atoms with Gasteiger partial charge in [0, 0.05) is 13.1 Å². The second kappa shape index (κ2) is 4.96. The minimum Gasteiger partial charge on any atom is -0.396 e. The second-order valence-corrected chi connectivity index (χ2v) is 7.25. The molecule has 2 fully saturated rings. The standard InChI is InChI=1S/C13H16FN3O3S/c14-10-4-3-8(6-11(10)15)21(19,20)17-5-1-2-9-12(17)7-16-13(9)18/h3-4,6,9,12H,1-2,5,7,15H2,(H,16,18). The Kier molecular flexibility index (Phi) is 3.37. The molecule has 2 aliphatic rings. The van der Waals surface area contributed by atoms with E-state index in [4.69, 9.17) is 5.73 Å². The molecule has 3 N–H and O–H groups in total. The number of piperidine rings is 1. The molecule has 1 aromatic rings. The van der Waals surface area contributed by atoms with Crippen molar-refractivity contribution in [1.82, 2.24) is 9.62 Å². The van der Waals surface area contributed by atoms with E-state index in [2.05, 4.69) is 5.32 Å². The van der Waals surface area contributed by atoms with Gasteiger partial charge in [0.05, 0.1) is 22.5 Å². The first-order valence-corrected chi connectivity index (χ1v) is 8.20. The summed E-state index contributed by atoms with van der Waals surface area (Å²) in [5, 5.41) is 2.71. The van der Waals surface area contributed by atoms with Crippen molar-refractivity contribution < 1.29 is 17.6 Å². The van der Waals surface area contributed by atoms with Crippen LogP contribution in [0.15, 0.2) is 23.1 Å². The zero-order valence-corrected chi connectivity index (χ0v) is 12.1. The zero-order valence-electron chi connectivity index (χ0n) is 11.3. The number of halogens is 1. The third kappa shape index (κ3) is 2.28. The number of hydrogen-bond donors (Lipinski definition) is 2. The van der Waals surface area contributed by atoms with Crippen molar-refractivity contribution in [3.05, 3.63) is 24.0 Å². The molecular formula is C13H16FN3O3S.